The van der Waals surface area contributed by atoms with Crippen LogP contribution >= 0.6 is 0 Å². The maximum atomic E-state index is 11.6. The minimum absolute atomic E-state index is 0.0693. The fraction of sp³-hybridized carbons (Fsp3) is 0.455. The Morgan fingerprint density at radius 1 is 1.50 bits per heavy atom. The highest BCUT2D eigenvalue weighted by atomic mass is 16.3. The predicted octanol–water partition coefficient (Wildman–Crippen LogP) is -0.0455. The monoisotopic (exact) mass is 222 g/mol. The zero-order chi connectivity index (χ0) is 11.7. The van der Waals surface area contributed by atoms with E-state index in [0.717, 1.165) is 0 Å². The van der Waals surface area contributed by atoms with Gasteiger partial charge < -0.3 is 5.11 Å². The second-order valence-electron chi connectivity index (χ2n) is 4.11. The normalized spacial score (nSPS) is 23.9. The first-order valence-corrected chi connectivity index (χ1v) is 5.23. The van der Waals surface area contributed by atoms with Crippen molar-refractivity contribution in [2.45, 2.75) is 19.4 Å². The molecule has 1 aromatic heterocycles. The lowest BCUT2D eigenvalue weighted by molar-refractivity contribution is 0.243. The molecule has 0 aliphatic heterocycles. The Bertz CT molecular complexity index is 527. The van der Waals surface area contributed by atoms with Crippen molar-refractivity contribution < 1.29 is 5.11 Å². The van der Waals surface area contributed by atoms with E-state index in [0.29, 0.717) is 12.0 Å². The zero-order valence-corrected chi connectivity index (χ0v) is 9.01. The minimum Gasteiger partial charge on any atom is -0.396 e. The number of allylic oxidation sites excluding steroid dienone is 1. The molecule has 1 aliphatic rings. The van der Waals surface area contributed by atoms with Crippen molar-refractivity contribution >= 4 is 0 Å². The van der Waals surface area contributed by atoms with Crippen LogP contribution in [0, 0.1) is 12.8 Å². The van der Waals surface area contributed by atoms with Crippen LogP contribution in [0.1, 0.15) is 18.0 Å². The van der Waals surface area contributed by atoms with Gasteiger partial charge in [0.05, 0.1) is 6.04 Å². The molecule has 0 saturated heterocycles. The molecule has 0 saturated carbocycles. The molecule has 0 fully saturated rings. The number of aryl methyl sites for hydroxylation is 1. The molecule has 0 aromatic carbocycles. The molecule has 2 atom stereocenters. The highest BCUT2D eigenvalue weighted by molar-refractivity contribution is 5.09. The molecule has 1 aliphatic carbocycles. The summed E-state index contributed by atoms with van der Waals surface area (Å²) >= 11 is 0. The first-order valence-electron chi connectivity index (χ1n) is 5.23. The largest absolute Gasteiger partial charge is 0.396 e. The number of aliphatic hydroxyl groups excluding tert-OH is 1. The summed E-state index contributed by atoms with van der Waals surface area (Å²) in [5.41, 5.74) is -0.230. The number of nitrogens with one attached hydrogen (secondary N) is 1. The molecular formula is C11H14N2O3. The summed E-state index contributed by atoms with van der Waals surface area (Å²) in [5.74, 6) is 0.101. The molecule has 0 bridgehead atoms. The molecule has 5 heteroatoms. The quantitative estimate of drug-likeness (QED) is 0.689. The number of H-pyrrole nitrogens is 1. The number of aromatic nitrogens is 2. The third-order valence-electron chi connectivity index (χ3n) is 2.89. The van der Waals surface area contributed by atoms with Gasteiger partial charge >= 0.3 is 5.69 Å². The number of nitrogens with zero attached hydrogens (tertiary/aromatic N) is 1. The van der Waals surface area contributed by atoms with Gasteiger partial charge in [-0.15, -0.1) is 0 Å². The topological polar surface area (TPSA) is 75.1 Å². The lowest BCUT2D eigenvalue weighted by Crippen LogP contribution is -2.32. The summed E-state index contributed by atoms with van der Waals surface area (Å²) in [6.07, 6.45) is 6.05. The Morgan fingerprint density at radius 2 is 2.25 bits per heavy atom. The van der Waals surface area contributed by atoms with E-state index in [9.17, 15) is 9.59 Å². The number of aliphatic hydroxyl groups is 1. The molecule has 86 valence electrons. The van der Waals surface area contributed by atoms with Gasteiger partial charge in [-0.25, -0.2) is 4.79 Å². The molecule has 0 amide bonds. The maximum Gasteiger partial charge on any atom is 0.328 e. The van der Waals surface area contributed by atoms with Crippen LogP contribution < -0.4 is 11.2 Å². The van der Waals surface area contributed by atoms with E-state index < -0.39 is 5.69 Å². The van der Waals surface area contributed by atoms with Crippen molar-refractivity contribution in [3.63, 3.8) is 0 Å². The van der Waals surface area contributed by atoms with E-state index in [1.54, 1.807) is 13.1 Å². The van der Waals surface area contributed by atoms with Crippen molar-refractivity contribution in [3.8, 4) is 0 Å². The van der Waals surface area contributed by atoms with Gasteiger partial charge in [-0.2, -0.15) is 0 Å². The van der Waals surface area contributed by atoms with Gasteiger partial charge in [0.2, 0.25) is 0 Å². The lowest BCUT2D eigenvalue weighted by Gasteiger charge is -2.13. The van der Waals surface area contributed by atoms with E-state index in [2.05, 4.69) is 4.98 Å². The molecule has 0 unspecified atom stereocenters. The highest BCUT2D eigenvalue weighted by Gasteiger charge is 2.20. The molecule has 5 nitrogen and oxygen atoms in total. The Morgan fingerprint density at radius 3 is 2.88 bits per heavy atom. The number of hydrogen-bond acceptors (Lipinski definition) is 3. The Balaban J connectivity index is 2.36. The smallest absolute Gasteiger partial charge is 0.328 e. The second kappa shape index (κ2) is 4.09. The van der Waals surface area contributed by atoms with Gasteiger partial charge in [-0.05, 0) is 13.3 Å². The summed E-state index contributed by atoms with van der Waals surface area (Å²) in [7, 11) is 0. The molecule has 16 heavy (non-hydrogen) atoms. The van der Waals surface area contributed by atoms with Crippen LogP contribution in [0.2, 0.25) is 0 Å². The number of rotatable bonds is 2. The molecule has 2 rings (SSSR count). The van der Waals surface area contributed by atoms with Gasteiger partial charge in [0, 0.05) is 24.3 Å². The predicted molar refractivity (Wildman–Crippen MR) is 59.4 cm³/mol. The third kappa shape index (κ3) is 1.86. The minimum atomic E-state index is -0.399. The van der Waals surface area contributed by atoms with Crippen LogP contribution in [0.4, 0.5) is 0 Å². The molecule has 1 aromatic rings. The van der Waals surface area contributed by atoms with Crippen LogP contribution in [0.3, 0.4) is 0 Å². The first kappa shape index (κ1) is 10.9. The number of aromatic amines is 1. The zero-order valence-electron chi connectivity index (χ0n) is 9.01. The summed E-state index contributed by atoms with van der Waals surface area (Å²) in [5, 5.41) is 9.00. The molecule has 0 radical (unpaired) electrons. The van der Waals surface area contributed by atoms with Gasteiger partial charge in [-0.1, -0.05) is 12.2 Å². The molecule has 1 heterocycles. The average molecular weight is 222 g/mol. The van der Waals surface area contributed by atoms with Crippen LogP contribution in [0.15, 0.2) is 27.9 Å². The van der Waals surface area contributed by atoms with E-state index in [4.69, 9.17) is 5.11 Å². The highest BCUT2D eigenvalue weighted by Crippen LogP contribution is 2.25. The SMILES string of the molecule is Cc1cn([C@H]2C=C[C@@H](CO)C2)c(=O)[nH]c1=O. The van der Waals surface area contributed by atoms with Crippen LogP contribution in [-0.4, -0.2) is 21.3 Å². The first-order chi connectivity index (χ1) is 7.61. The Hall–Kier alpha value is -1.62. The standard InChI is InChI=1S/C11H14N2O3/c1-7-5-13(11(16)12-10(7)15)9-3-2-8(4-9)6-14/h2-3,5,8-9,14H,4,6H2,1H3,(H,12,15,16)/t8-,9+/m1/s1. The van der Waals surface area contributed by atoms with Crippen molar-refractivity contribution in [3.05, 3.63) is 44.8 Å². The van der Waals surface area contributed by atoms with E-state index in [1.165, 1.54) is 4.57 Å². The van der Waals surface area contributed by atoms with Gasteiger partial charge in [0.15, 0.2) is 0 Å². The van der Waals surface area contributed by atoms with Crippen molar-refractivity contribution in [1.29, 1.82) is 0 Å². The van der Waals surface area contributed by atoms with E-state index >= 15 is 0 Å². The summed E-state index contributed by atoms with van der Waals surface area (Å²) in [6.45, 7) is 1.75. The molecule has 2 N–H and O–H groups in total. The van der Waals surface area contributed by atoms with Crippen LogP contribution in [0.25, 0.3) is 0 Å². The van der Waals surface area contributed by atoms with Crippen molar-refractivity contribution in [1.82, 2.24) is 9.55 Å². The molecular weight excluding hydrogens is 208 g/mol. The van der Waals surface area contributed by atoms with Gasteiger partial charge in [0.25, 0.3) is 5.56 Å². The lowest BCUT2D eigenvalue weighted by atomic mass is 10.1. The van der Waals surface area contributed by atoms with Crippen LogP contribution in [-0.2, 0) is 0 Å². The fourth-order valence-electron chi connectivity index (χ4n) is 1.93. The Labute approximate surface area is 92.1 Å². The van der Waals surface area contributed by atoms with Crippen LogP contribution in [0.5, 0.6) is 0 Å². The van der Waals surface area contributed by atoms with E-state index in [-0.39, 0.29) is 24.1 Å². The summed E-state index contributed by atoms with van der Waals surface area (Å²) in [6, 6.07) is -0.0693. The fourth-order valence-corrected chi connectivity index (χ4v) is 1.93. The third-order valence-corrected chi connectivity index (χ3v) is 2.89. The Kier molecular flexibility index (Phi) is 2.78. The summed E-state index contributed by atoms with van der Waals surface area (Å²) < 4.78 is 1.50. The summed E-state index contributed by atoms with van der Waals surface area (Å²) in [4.78, 5) is 25.1. The van der Waals surface area contributed by atoms with E-state index in [1.807, 2.05) is 12.2 Å². The number of hydrogen-bond donors (Lipinski definition) is 2. The van der Waals surface area contributed by atoms with Crippen molar-refractivity contribution in [2.24, 2.45) is 5.92 Å². The van der Waals surface area contributed by atoms with Crippen molar-refractivity contribution in [2.75, 3.05) is 6.61 Å². The second-order valence-corrected chi connectivity index (χ2v) is 4.11. The molecule has 0 spiro atoms. The van der Waals surface area contributed by atoms with Gasteiger partial charge in [-0.3, -0.25) is 14.3 Å². The van der Waals surface area contributed by atoms with Gasteiger partial charge in [0.1, 0.15) is 0 Å². The maximum absolute atomic E-state index is 11.6. The average Bonchev–Trinajstić information content (AvgIpc) is 2.71.